The lowest BCUT2D eigenvalue weighted by atomic mass is 9.92. The molecule has 4 rings (SSSR count). The topological polar surface area (TPSA) is 114 Å². The number of piperidine rings is 1. The van der Waals surface area contributed by atoms with Crippen LogP contribution in [0.25, 0.3) is 16.6 Å². The predicted molar refractivity (Wildman–Crippen MR) is 125 cm³/mol. The van der Waals surface area contributed by atoms with E-state index in [1.165, 1.54) is 13.1 Å². The smallest absolute Gasteiger partial charge is 0.386 e. The molecule has 11 heteroatoms. The maximum atomic E-state index is 13.9. The number of fused-ring (bicyclic) bond motifs is 1. The molecule has 0 aliphatic carbocycles. The van der Waals surface area contributed by atoms with Gasteiger partial charge in [0.05, 0.1) is 22.4 Å². The second-order valence-corrected chi connectivity index (χ2v) is 9.17. The van der Waals surface area contributed by atoms with E-state index in [1.54, 1.807) is 26.0 Å². The van der Waals surface area contributed by atoms with E-state index in [0.717, 1.165) is 25.6 Å². The van der Waals surface area contributed by atoms with Gasteiger partial charge in [-0.1, -0.05) is 6.07 Å². The number of allylic oxidation sites excluding steroid dienone is 1. The SMILES string of the molecule is CC(=O)Nc1ccc2c(C3=C(C(F)(F)F)C=NC(NC4CCCNC4)N3)c[nH]c2c1C(C)(C)O. The zero-order valence-electron chi connectivity index (χ0n) is 19.2. The first-order valence-electron chi connectivity index (χ1n) is 11.2. The molecule has 2 atom stereocenters. The van der Waals surface area contributed by atoms with E-state index in [4.69, 9.17) is 0 Å². The highest BCUT2D eigenvalue weighted by Gasteiger charge is 2.39. The number of carbonyl (C=O) groups is 1. The third-order valence-corrected chi connectivity index (χ3v) is 5.95. The fraction of sp³-hybridized carbons (Fsp3) is 0.478. The van der Waals surface area contributed by atoms with Gasteiger partial charge in [-0.3, -0.25) is 15.1 Å². The molecule has 0 radical (unpaired) electrons. The van der Waals surface area contributed by atoms with Crippen molar-refractivity contribution < 1.29 is 23.1 Å². The molecular weight excluding hydrogens is 449 g/mol. The van der Waals surface area contributed by atoms with Crippen molar-refractivity contribution in [2.24, 2.45) is 4.99 Å². The molecule has 6 N–H and O–H groups in total. The number of aromatic amines is 1. The highest BCUT2D eigenvalue weighted by molar-refractivity contribution is 6.03. The van der Waals surface area contributed by atoms with Crippen LogP contribution in [0.15, 0.2) is 28.9 Å². The Kier molecular flexibility index (Phi) is 6.45. The number of rotatable bonds is 5. The number of H-pyrrole nitrogens is 1. The summed E-state index contributed by atoms with van der Waals surface area (Å²) in [4.78, 5) is 18.7. The van der Waals surface area contributed by atoms with Crippen LogP contribution in [-0.2, 0) is 10.4 Å². The number of amides is 1. The Morgan fingerprint density at radius 3 is 2.65 bits per heavy atom. The van der Waals surface area contributed by atoms with Gasteiger partial charge in [-0.05, 0) is 39.3 Å². The summed E-state index contributed by atoms with van der Waals surface area (Å²) in [5, 5.41) is 23.4. The van der Waals surface area contributed by atoms with Crippen LogP contribution in [0, 0.1) is 0 Å². The quantitative estimate of drug-likeness (QED) is 0.396. The van der Waals surface area contributed by atoms with Crippen molar-refractivity contribution in [3.63, 3.8) is 0 Å². The molecule has 1 aromatic carbocycles. The molecule has 1 amide bonds. The minimum absolute atomic E-state index is 0.0852. The number of benzene rings is 1. The van der Waals surface area contributed by atoms with Gasteiger partial charge in [-0.25, -0.2) is 0 Å². The molecular formula is C23H29F3N6O2. The summed E-state index contributed by atoms with van der Waals surface area (Å²) in [6.45, 7) is 6.09. The van der Waals surface area contributed by atoms with Gasteiger partial charge in [-0.15, -0.1) is 0 Å². The van der Waals surface area contributed by atoms with E-state index in [0.29, 0.717) is 34.3 Å². The fourth-order valence-corrected chi connectivity index (χ4v) is 4.54. The number of anilines is 1. The Balaban J connectivity index is 1.79. The Hall–Kier alpha value is -2.89. The van der Waals surface area contributed by atoms with E-state index in [1.807, 2.05) is 0 Å². The lowest BCUT2D eigenvalue weighted by Crippen LogP contribution is -2.52. The zero-order chi connectivity index (χ0) is 24.7. The number of carbonyl (C=O) groups excluding carboxylic acids is 1. The second kappa shape index (κ2) is 9.05. The summed E-state index contributed by atoms with van der Waals surface area (Å²) >= 11 is 0. The molecule has 3 heterocycles. The molecule has 0 bridgehead atoms. The van der Waals surface area contributed by atoms with Gasteiger partial charge in [-0.2, -0.15) is 13.2 Å². The number of aliphatic hydroxyl groups is 1. The highest BCUT2D eigenvalue weighted by atomic mass is 19.4. The lowest BCUT2D eigenvalue weighted by Gasteiger charge is -2.31. The van der Waals surface area contributed by atoms with Crippen molar-refractivity contribution in [1.29, 1.82) is 0 Å². The second-order valence-electron chi connectivity index (χ2n) is 9.17. The number of halogens is 3. The van der Waals surface area contributed by atoms with E-state index in [-0.39, 0.29) is 17.6 Å². The van der Waals surface area contributed by atoms with E-state index in [9.17, 15) is 23.1 Å². The number of hydrogen-bond donors (Lipinski definition) is 6. The predicted octanol–water partition coefficient (Wildman–Crippen LogP) is 2.93. The van der Waals surface area contributed by atoms with Crippen molar-refractivity contribution in [3.05, 3.63) is 35.0 Å². The van der Waals surface area contributed by atoms with Crippen LogP contribution in [0.5, 0.6) is 0 Å². The molecule has 2 unspecified atom stereocenters. The number of nitrogens with one attached hydrogen (secondary N) is 5. The normalized spacial score (nSPS) is 21.6. The molecule has 1 saturated heterocycles. The Morgan fingerprint density at radius 1 is 1.26 bits per heavy atom. The van der Waals surface area contributed by atoms with Crippen molar-refractivity contribution in [2.75, 3.05) is 18.4 Å². The van der Waals surface area contributed by atoms with Crippen molar-refractivity contribution in [2.45, 2.75) is 57.7 Å². The lowest BCUT2D eigenvalue weighted by molar-refractivity contribution is -0.114. The number of hydrogen-bond acceptors (Lipinski definition) is 6. The van der Waals surface area contributed by atoms with Crippen LogP contribution in [0.3, 0.4) is 0 Å². The first kappa shape index (κ1) is 24.2. The summed E-state index contributed by atoms with van der Waals surface area (Å²) < 4.78 is 41.8. The minimum atomic E-state index is -4.62. The number of nitrogens with zero attached hydrogens (tertiary/aromatic N) is 1. The van der Waals surface area contributed by atoms with Gasteiger partial charge in [0, 0.05) is 54.1 Å². The molecule has 0 spiro atoms. The van der Waals surface area contributed by atoms with Crippen molar-refractivity contribution in [1.82, 2.24) is 20.9 Å². The molecule has 34 heavy (non-hydrogen) atoms. The summed E-state index contributed by atoms with van der Waals surface area (Å²) in [5.41, 5.74) is -0.871. The molecule has 0 saturated carbocycles. The molecule has 1 fully saturated rings. The standard InChI is InChI=1S/C23H29F3N6O2/c1-12(33)30-17-7-6-14-15(10-28-20(14)18(17)22(2,3)34)19-16(23(24,25)26)11-29-21(32-19)31-13-5-4-8-27-9-13/h6-7,10-11,13,21,27-28,31-32,34H,4-5,8-9H2,1-3H3,(H,30,33). The van der Waals surface area contributed by atoms with E-state index < -0.39 is 23.6 Å². The third kappa shape index (κ3) is 4.96. The molecule has 2 aliphatic rings. The molecule has 8 nitrogen and oxygen atoms in total. The van der Waals surface area contributed by atoms with E-state index >= 15 is 0 Å². The Bertz CT molecular complexity index is 1140. The van der Waals surface area contributed by atoms with Crippen molar-refractivity contribution >= 4 is 34.4 Å². The van der Waals surface area contributed by atoms with Crippen LogP contribution in [-0.4, -0.2) is 53.8 Å². The van der Waals surface area contributed by atoms with E-state index in [2.05, 4.69) is 31.2 Å². The summed E-state index contributed by atoms with van der Waals surface area (Å²) in [7, 11) is 0. The van der Waals surface area contributed by atoms with Crippen molar-refractivity contribution in [3.8, 4) is 0 Å². The van der Waals surface area contributed by atoms with Gasteiger partial charge in [0.1, 0.15) is 0 Å². The van der Waals surface area contributed by atoms with Gasteiger partial charge in [0.2, 0.25) is 5.91 Å². The third-order valence-electron chi connectivity index (χ3n) is 5.95. The van der Waals surface area contributed by atoms with Crippen LogP contribution < -0.4 is 21.3 Å². The average molecular weight is 479 g/mol. The largest absolute Gasteiger partial charge is 0.419 e. The Morgan fingerprint density at radius 2 is 2.03 bits per heavy atom. The van der Waals surface area contributed by atoms with Gasteiger partial charge >= 0.3 is 6.18 Å². The van der Waals surface area contributed by atoms with Crippen LogP contribution in [0.2, 0.25) is 0 Å². The van der Waals surface area contributed by atoms with Gasteiger partial charge in [0.25, 0.3) is 0 Å². The van der Waals surface area contributed by atoms with Gasteiger partial charge in [0.15, 0.2) is 6.29 Å². The van der Waals surface area contributed by atoms with Gasteiger partial charge < -0.3 is 26.0 Å². The molecule has 2 aromatic rings. The Labute approximate surface area is 195 Å². The van der Waals surface area contributed by atoms with Crippen LogP contribution >= 0.6 is 0 Å². The molecule has 2 aliphatic heterocycles. The fourth-order valence-electron chi connectivity index (χ4n) is 4.54. The summed E-state index contributed by atoms with van der Waals surface area (Å²) in [6, 6.07) is 3.30. The maximum absolute atomic E-state index is 13.9. The number of aliphatic imine (C=N–C) groups is 1. The van der Waals surface area contributed by atoms with Crippen LogP contribution in [0.4, 0.5) is 18.9 Å². The first-order chi connectivity index (χ1) is 15.9. The number of alkyl halides is 3. The number of aromatic nitrogens is 1. The maximum Gasteiger partial charge on any atom is 0.419 e. The van der Waals surface area contributed by atoms with Crippen LogP contribution in [0.1, 0.15) is 44.7 Å². The molecule has 1 aromatic heterocycles. The first-order valence-corrected chi connectivity index (χ1v) is 11.2. The zero-order valence-corrected chi connectivity index (χ0v) is 19.2. The summed E-state index contributed by atoms with van der Waals surface area (Å²) in [6.07, 6.45) is -1.13. The average Bonchev–Trinajstić information content (AvgIpc) is 3.16. The summed E-state index contributed by atoms with van der Waals surface area (Å²) in [5.74, 6) is -0.324. The minimum Gasteiger partial charge on any atom is -0.386 e. The highest BCUT2D eigenvalue weighted by Crippen LogP contribution is 2.39. The monoisotopic (exact) mass is 478 g/mol. The molecule has 184 valence electrons.